The van der Waals surface area contributed by atoms with Crippen LogP contribution in [0.25, 0.3) is 0 Å². The average Bonchev–Trinajstić information content (AvgIpc) is 2.65. The van der Waals surface area contributed by atoms with Gasteiger partial charge in [0, 0.05) is 18.7 Å². The topological polar surface area (TPSA) is 35.5 Å². The fourth-order valence-electron chi connectivity index (χ4n) is 1.47. The maximum Gasteiger partial charge on any atom is 0.231 e. The second-order valence-electron chi connectivity index (χ2n) is 3.34. The molecule has 3 nitrogen and oxygen atoms in total. The highest BCUT2D eigenvalue weighted by atomic mass is 35.5. The van der Waals surface area contributed by atoms with Gasteiger partial charge in [0.1, 0.15) is 5.78 Å². The third-order valence-electron chi connectivity index (χ3n) is 2.21. The van der Waals surface area contributed by atoms with Crippen LogP contribution in [0, 0.1) is 0 Å². The summed E-state index contributed by atoms with van der Waals surface area (Å²) in [7, 11) is 0. The van der Waals surface area contributed by atoms with Gasteiger partial charge in [0.05, 0.1) is 0 Å². The zero-order chi connectivity index (χ0) is 10.7. The predicted molar refractivity (Wildman–Crippen MR) is 56.6 cm³/mol. The number of fused-ring (bicyclic) bond motifs is 1. The van der Waals surface area contributed by atoms with Crippen LogP contribution in [0.4, 0.5) is 0 Å². The first-order valence-electron chi connectivity index (χ1n) is 4.76. The van der Waals surface area contributed by atoms with Crippen molar-refractivity contribution in [3.63, 3.8) is 0 Å². The van der Waals surface area contributed by atoms with E-state index in [0.717, 1.165) is 11.3 Å². The van der Waals surface area contributed by atoms with E-state index in [4.69, 9.17) is 21.1 Å². The van der Waals surface area contributed by atoms with Gasteiger partial charge in [-0.3, -0.25) is 4.79 Å². The van der Waals surface area contributed by atoms with Crippen molar-refractivity contribution < 1.29 is 14.3 Å². The molecule has 2 rings (SSSR count). The summed E-state index contributed by atoms with van der Waals surface area (Å²) in [4.78, 5) is 11.4. The number of alkyl halides is 1. The second kappa shape index (κ2) is 4.53. The molecule has 4 heteroatoms. The lowest BCUT2D eigenvalue weighted by Crippen LogP contribution is -2.02. The first-order chi connectivity index (χ1) is 7.29. The van der Waals surface area contributed by atoms with Gasteiger partial charge in [-0.25, -0.2) is 0 Å². The van der Waals surface area contributed by atoms with Crippen LogP contribution in [0.15, 0.2) is 18.2 Å². The first kappa shape index (κ1) is 10.3. The van der Waals surface area contributed by atoms with Crippen LogP contribution in [-0.2, 0) is 11.2 Å². The normalized spacial score (nSPS) is 12.9. The van der Waals surface area contributed by atoms with Gasteiger partial charge in [-0.2, -0.15) is 0 Å². The monoisotopic (exact) mass is 226 g/mol. The van der Waals surface area contributed by atoms with E-state index in [1.165, 1.54) is 0 Å². The molecule has 0 N–H and O–H groups in total. The number of Topliss-reactive ketones (excluding diaryl/α,β-unsaturated/α-hetero) is 1. The van der Waals surface area contributed by atoms with Crippen LogP contribution in [0.5, 0.6) is 11.5 Å². The number of benzene rings is 1. The standard InChI is InChI=1S/C11H11ClO3/c12-4-3-9(13)5-8-1-2-10-11(6-8)15-7-14-10/h1-2,6H,3-5,7H2. The molecule has 0 atom stereocenters. The summed E-state index contributed by atoms with van der Waals surface area (Å²) in [5.41, 5.74) is 0.939. The quantitative estimate of drug-likeness (QED) is 0.738. The maximum atomic E-state index is 11.4. The SMILES string of the molecule is O=C(CCCl)Cc1ccc2c(c1)OCO2. The number of ketones is 1. The van der Waals surface area contributed by atoms with E-state index in [1.54, 1.807) is 0 Å². The molecule has 1 aliphatic rings. The molecule has 15 heavy (non-hydrogen) atoms. The van der Waals surface area contributed by atoms with Crippen LogP contribution in [-0.4, -0.2) is 18.5 Å². The van der Waals surface area contributed by atoms with Crippen LogP contribution >= 0.6 is 11.6 Å². The Morgan fingerprint density at radius 2 is 2.13 bits per heavy atom. The van der Waals surface area contributed by atoms with Crippen molar-refractivity contribution in [2.75, 3.05) is 12.7 Å². The Morgan fingerprint density at radius 1 is 1.33 bits per heavy atom. The molecular formula is C11H11ClO3. The van der Waals surface area contributed by atoms with E-state index in [9.17, 15) is 4.79 Å². The minimum Gasteiger partial charge on any atom is -0.454 e. The Kier molecular flexibility index (Phi) is 3.11. The number of ether oxygens (including phenoxy) is 2. The third kappa shape index (κ3) is 2.42. The zero-order valence-electron chi connectivity index (χ0n) is 8.16. The van der Waals surface area contributed by atoms with Gasteiger partial charge in [0.25, 0.3) is 0 Å². The molecule has 1 aromatic rings. The van der Waals surface area contributed by atoms with Crippen molar-refractivity contribution in [2.45, 2.75) is 12.8 Å². The molecule has 0 saturated carbocycles. The molecule has 0 saturated heterocycles. The van der Waals surface area contributed by atoms with Crippen molar-refractivity contribution in [3.05, 3.63) is 23.8 Å². The molecule has 0 unspecified atom stereocenters. The highest BCUT2D eigenvalue weighted by Gasteiger charge is 2.14. The summed E-state index contributed by atoms with van der Waals surface area (Å²) >= 11 is 5.49. The molecule has 0 fully saturated rings. The van der Waals surface area contributed by atoms with Gasteiger partial charge in [0.15, 0.2) is 11.5 Å². The Hall–Kier alpha value is -1.22. The summed E-state index contributed by atoms with van der Waals surface area (Å²) < 4.78 is 10.4. The number of carbonyl (C=O) groups excluding carboxylic acids is 1. The first-order valence-corrected chi connectivity index (χ1v) is 5.29. The molecule has 1 heterocycles. The van der Waals surface area contributed by atoms with E-state index in [2.05, 4.69) is 0 Å². The van der Waals surface area contributed by atoms with Gasteiger partial charge >= 0.3 is 0 Å². The smallest absolute Gasteiger partial charge is 0.231 e. The van der Waals surface area contributed by atoms with Gasteiger partial charge in [-0.1, -0.05) is 6.07 Å². The average molecular weight is 227 g/mol. The molecule has 0 aliphatic carbocycles. The Bertz CT molecular complexity index is 376. The van der Waals surface area contributed by atoms with E-state index >= 15 is 0 Å². The van der Waals surface area contributed by atoms with Crippen molar-refractivity contribution in [2.24, 2.45) is 0 Å². The molecular weight excluding hydrogens is 216 g/mol. The summed E-state index contributed by atoms with van der Waals surface area (Å²) in [5, 5.41) is 0. The Labute approximate surface area is 92.9 Å². The number of rotatable bonds is 4. The van der Waals surface area contributed by atoms with Crippen LogP contribution < -0.4 is 9.47 Å². The van der Waals surface area contributed by atoms with Gasteiger partial charge in [-0.15, -0.1) is 11.6 Å². The van der Waals surface area contributed by atoms with Gasteiger partial charge < -0.3 is 9.47 Å². The molecule has 80 valence electrons. The fourth-order valence-corrected chi connectivity index (χ4v) is 1.68. The van der Waals surface area contributed by atoms with Crippen LogP contribution in [0.1, 0.15) is 12.0 Å². The van der Waals surface area contributed by atoms with Gasteiger partial charge in [0.2, 0.25) is 6.79 Å². The Morgan fingerprint density at radius 3 is 2.93 bits per heavy atom. The van der Waals surface area contributed by atoms with Crippen molar-refractivity contribution in [1.29, 1.82) is 0 Å². The molecule has 0 amide bonds. The van der Waals surface area contributed by atoms with Gasteiger partial charge in [-0.05, 0) is 17.7 Å². The summed E-state index contributed by atoms with van der Waals surface area (Å²) in [5.74, 6) is 1.97. The van der Waals surface area contributed by atoms with Crippen LogP contribution in [0.2, 0.25) is 0 Å². The van der Waals surface area contributed by atoms with Crippen molar-refractivity contribution in [3.8, 4) is 11.5 Å². The second-order valence-corrected chi connectivity index (χ2v) is 3.72. The van der Waals surface area contributed by atoms with E-state index in [1.807, 2.05) is 18.2 Å². The molecule has 0 bridgehead atoms. The highest BCUT2D eigenvalue weighted by molar-refractivity contribution is 6.19. The van der Waals surface area contributed by atoms with Crippen molar-refractivity contribution in [1.82, 2.24) is 0 Å². The van der Waals surface area contributed by atoms with E-state index in [-0.39, 0.29) is 12.6 Å². The minimum absolute atomic E-state index is 0.142. The molecule has 1 aromatic carbocycles. The summed E-state index contributed by atoms with van der Waals surface area (Å²) in [6, 6.07) is 5.54. The number of hydrogen-bond acceptors (Lipinski definition) is 3. The lowest BCUT2D eigenvalue weighted by Gasteiger charge is -2.01. The summed E-state index contributed by atoms with van der Waals surface area (Å²) in [6.07, 6.45) is 0.819. The Balaban J connectivity index is 2.06. The lowest BCUT2D eigenvalue weighted by molar-refractivity contribution is -0.118. The fraction of sp³-hybridized carbons (Fsp3) is 0.364. The highest BCUT2D eigenvalue weighted by Crippen LogP contribution is 2.32. The number of hydrogen-bond donors (Lipinski definition) is 0. The maximum absolute atomic E-state index is 11.4. The molecule has 0 radical (unpaired) electrons. The third-order valence-corrected chi connectivity index (χ3v) is 2.40. The summed E-state index contributed by atoms with van der Waals surface area (Å²) in [6.45, 7) is 0.258. The van der Waals surface area contributed by atoms with E-state index < -0.39 is 0 Å². The number of carbonyl (C=O) groups is 1. The minimum atomic E-state index is 0.142. The molecule has 0 spiro atoms. The zero-order valence-corrected chi connectivity index (χ0v) is 8.92. The lowest BCUT2D eigenvalue weighted by atomic mass is 10.1. The molecule has 0 aromatic heterocycles. The largest absolute Gasteiger partial charge is 0.454 e. The number of halogens is 1. The van der Waals surface area contributed by atoms with Crippen molar-refractivity contribution >= 4 is 17.4 Å². The predicted octanol–water partition coefficient (Wildman–Crippen LogP) is 2.16. The van der Waals surface area contributed by atoms with E-state index in [0.29, 0.717) is 24.5 Å². The molecule has 1 aliphatic heterocycles. The van der Waals surface area contributed by atoms with Crippen LogP contribution in [0.3, 0.4) is 0 Å².